The molecule has 0 N–H and O–H groups in total. The van der Waals surface area contributed by atoms with Gasteiger partial charge in [0.15, 0.2) is 5.75 Å². The molecule has 1 saturated heterocycles. The van der Waals surface area contributed by atoms with Gasteiger partial charge in [0.2, 0.25) is 0 Å². The first-order chi connectivity index (χ1) is 8.70. The van der Waals surface area contributed by atoms with Gasteiger partial charge in [-0.3, -0.25) is 0 Å². The van der Waals surface area contributed by atoms with Crippen LogP contribution in [0.2, 0.25) is 5.02 Å². The van der Waals surface area contributed by atoms with Crippen molar-refractivity contribution in [3.63, 3.8) is 0 Å². The molecular weight excluding hydrogens is 252 g/mol. The molecule has 0 saturated carbocycles. The van der Waals surface area contributed by atoms with E-state index in [-0.39, 0.29) is 5.92 Å². The number of amides is 1. The molecule has 1 aliphatic heterocycles. The molecule has 0 aromatic heterocycles. The lowest BCUT2D eigenvalue weighted by atomic mass is 9.99. The second-order valence-electron chi connectivity index (χ2n) is 4.19. The Morgan fingerprint density at radius 2 is 2.06 bits per heavy atom. The molecule has 1 amide bonds. The van der Waals surface area contributed by atoms with E-state index >= 15 is 0 Å². The molecule has 0 bridgehead atoms. The number of nitrogens with zero attached hydrogens (tertiary/aromatic N) is 2. The Hall–Kier alpha value is -1.73. The van der Waals surface area contributed by atoms with Gasteiger partial charge in [-0.25, -0.2) is 4.79 Å². The van der Waals surface area contributed by atoms with E-state index in [4.69, 9.17) is 21.6 Å². The number of carbonyl (C=O) groups excluding carboxylic acids is 1. The van der Waals surface area contributed by atoms with Gasteiger partial charge in [0.05, 0.1) is 11.1 Å². The molecule has 0 spiro atoms. The van der Waals surface area contributed by atoms with E-state index in [0.717, 1.165) is 0 Å². The van der Waals surface area contributed by atoms with Crippen LogP contribution in [-0.4, -0.2) is 24.1 Å². The van der Waals surface area contributed by atoms with E-state index in [1.807, 2.05) is 0 Å². The summed E-state index contributed by atoms with van der Waals surface area (Å²) < 4.78 is 5.23. The van der Waals surface area contributed by atoms with Crippen LogP contribution in [0.5, 0.6) is 5.75 Å². The standard InChI is InChI=1S/C13H13ClN2O2/c14-11-3-1-2-4-12(11)18-13(17)16-7-5-10(9-15)6-8-16/h1-4,10H,5-8H2. The van der Waals surface area contributed by atoms with Crippen molar-refractivity contribution in [3.05, 3.63) is 29.3 Å². The number of carbonyl (C=O) groups is 1. The third kappa shape index (κ3) is 2.93. The molecule has 5 heteroatoms. The minimum absolute atomic E-state index is 0.0503. The molecule has 2 rings (SSSR count). The quantitative estimate of drug-likeness (QED) is 0.783. The van der Waals surface area contributed by atoms with E-state index in [0.29, 0.717) is 36.7 Å². The van der Waals surface area contributed by atoms with Crippen molar-refractivity contribution < 1.29 is 9.53 Å². The van der Waals surface area contributed by atoms with Crippen molar-refractivity contribution in [3.8, 4) is 11.8 Å². The maximum Gasteiger partial charge on any atom is 0.415 e. The summed E-state index contributed by atoms with van der Waals surface area (Å²) in [6.07, 6.45) is 1.00. The van der Waals surface area contributed by atoms with Crippen molar-refractivity contribution in [1.29, 1.82) is 5.26 Å². The Morgan fingerprint density at radius 1 is 1.39 bits per heavy atom. The molecule has 0 atom stereocenters. The lowest BCUT2D eigenvalue weighted by molar-refractivity contribution is 0.137. The fourth-order valence-corrected chi connectivity index (χ4v) is 2.05. The second-order valence-corrected chi connectivity index (χ2v) is 4.60. The molecule has 1 aromatic carbocycles. The number of likely N-dealkylation sites (tertiary alicyclic amines) is 1. The molecule has 0 aliphatic carbocycles. The zero-order valence-corrected chi connectivity index (χ0v) is 10.6. The number of hydrogen-bond donors (Lipinski definition) is 0. The zero-order valence-electron chi connectivity index (χ0n) is 9.80. The summed E-state index contributed by atoms with van der Waals surface area (Å²) in [6, 6.07) is 9.09. The fraction of sp³-hybridized carbons (Fsp3) is 0.385. The highest BCUT2D eigenvalue weighted by molar-refractivity contribution is 6.32. The van der Waals surface area contributed by atoms with Crippen LogP contribution < -0.4 is 4.74 Å². The van der Waals surface area contributed by atoms with Crippen LogP contribution in [-0.2, 0) is 0 Å². The molecule has 1 heterocycles. The molecule has 1 fully saturated rings. The van der Waals surface area contributed by atoms with Crippen LogP contribution in [0.1, 0.15) is 12.8 Å². The van der Waals surface area contributed by atoms with Gasteiger partial charge in [0, 0.05) is 19.0 Å². The lowest BCUT2D eigenvalue weighted by Crippen LogP contribution is -2.39. The Kier molecular flexibility index (Phi) is 4.06. The molecule has 1 aromatic rings. The summed E-state index contributed by atoms with van der Waals surface area (Å²) in [5, 5.41) is 9.20. The summed E-state index contributed by atoms with van der Waals surface area (Å²) >= 11 is 5.91. The number of halogens is 1. The largest absolute Gasteiger partial charge is 0.415 e. The number of ether oxygens (including phenoxy) is 1. The number of hydrogen-bond acceptors (Lipinski definition) is 3. The van der Waals surface area contributed by atoms with Crippen molar-refractivity contribution in [2.24, 2.45) is 5.92 Å². The normalized spacial score (nSPS) is 16.1. The van der Waals surface area contributed by atoms with Crippen LogP contribution in [0.25, 0.3) is 0 Å². The van der Waals surface area contributed by atoms with Crippen LogP contribution in [0.4, 0.5) is 4.79 Å². The van der Waals surface area contributed by atoms with E-state index in [9.17, 15) is 4.79 Å². The maximum absolute atomic E-state index is 11.9. The molecule has 18 heavy (non-hydrogen) atoms. The topological polar surface area (TPSA) is 53.3 Å². The molecule has 94 valence electrons. The highest BCUT2D eigenvalue weighted by atomic mass is 35.5. The molecule has 0 unspecified atom stereocenters. The highest BCUT2D eigenvalue weighted by Gasteiger charge is 2.24. The number of benzene rings is 1. The predicted octanol–water partition coefficient (Wildman–Crippen LogP) is 3.07. The molecule has 1 aliphatic rings. The average molecular weight is 265 g/mol. The minimum Gasteiger partial charge on any atom is -0.409 e. The predicted molar refractivity (Wildman–Crippen MR) is 67.4 cm³/mol. The number of piperidine rings is 1. The number of para-hydroxylation sites is 1. The minimum atomic E-state index is -0.403. The molecule has 4 nitrogen and oxygen atoms in total. The van der Waals surface area contributed by atoms with Crippen molar-refractivity contribution in [2.45, 2.75) is 12.8 Å². The SMILES string of the molecule is N#CC1CCN(C(=O)Oc2ccccc2Cl)CC1. The second kappa shape index (κ2) is 5.74. The van der Waals surface area contributed by atoms with E-state index in [1.54, 1.807) is 29.2 Å². The monoisotopic (exact) mass is 264 g/mol. The summed E-state index contributed by atoms with van der Waals surface area (Å²) in [5.41, 5.74) is 0. The summed E-state index contributed by atoms with van der Waals surface area (Å²) in [7, 11) is 0. The van der Waals surface area contributed by atoms with Crippen molar-refractivity contribution in [2.75, 3.05) is 13.1 Å². The van der Waals surface area contributed by atoms with Crippen LogP contribution in [0, 0.1) is 17.2 Å². The van der Waals surface area contributed by atoms with E-state index in [2.05, 4.69) is 6.07 Å². The summed E-state index contributed by atoms with van der Waals surface area (Å²) in [4.78, 5) is 13.5. The van der Waals surface area contributed by atoms with Gasteiger partial charge >= 0.3 is 6.09 Å². The zero-order chi connectivity index (χ0) is 13.0. The van der Waals surface area contributed by atoms with Gasteiger partial charge in [-0.15, -0.1) is 0 Å². The Morgan fingerprint density at radius 3 is 2.67 bits per heavy atom. The smallest absolute Gasteiger partial charge is 0.409 e. The van der Waals surface area contributed by atoms with E-state index in [1.165, 1.54) is 0 Å². The summed E-state index contributed by atoms with van der Waals surface area (Å²) in [6.45, 7) is 1.11. The Bertz CT molecular complexity index is 476. The van der Waals surface area contributed by atoms with Gasteiger partial charge in [-0.2, -0.15) is 5.26 Å². The third-order valence-electron chi connectivity index (χ3n) is 2.97. The maximum atomic E-state index is 11.9. The van der Waals surface area contributed by atoms with Gasteiger partial charge in [0.25, 0.3) is 0 Å². The van der Waals surface area contributed by atoms with Gasteiger partial charge in [-0.1, -0.05) is 23.7 Å². The van der Waals surface area contributed by atoms with Crippen LogP contribution in [0.3, 0.4) is 0 Å². The first-order valence-corrected chi connectivity index (χ1v) is 6.19. The summed E-state index contributed by atoms with van der Waals surface area (Å²) in [5.74, 6) is 0.418. The van der Waals surface area contributed by atoms with Gasteiger partial charge < -0.3 is 9.64 Å². The number of rotatable bonds is 1. The van der Waals surface area contributed by atoms with Crippen LogP contribution in [0.15, 0.2) is 24.3 Å². The van der Waals surface area contributed by atoms with E-state index < -0.39 is 6.09 Å². The van der Waals surface area contributed by atoms with Gasteiger partial charge in [-0.05, 0) is 25.0 Å². The Balaban J connectivity index is 1.94. The lowest BCUT2D eigenvalue weighted by Gasteiger charge is -2.28. The van der Waals surface area contributed by atoms with Crippen molar-refractivity contribution in [1.82, 2.24) is 4.90 Å². The van der Waals surface area contributed by atoms with Crippen molar-refractivity contribution >= 4 is 17.7 Å². The third-order valence-corrected chi connectivity index (χ3v) is 3.28. The number of nitriles is 1. The molecular formula is C13H13ClN2O2. The van der Waals surface area contributed by atoms with Gasteiger partial charge in [0.1, 0.15) is 0 Å². The van der Waals surface area contributed by atoms with Crippen LogP contribution >= 0.6 is 11.6 Å². The first-order valence-electron chi connectivity index (χ1n) is 5.81. The Labute approximate surface area is 111 Å². The highest BCUT2D eigenvalue weighted by Crippen LogP contribution is 2.24. The molecule has 0 radical (unpaired) electrons. The fourth-order valence-electron chi connectivity index (χ4n) is 1.88. The average Bonchev–Trinajstić information content (AvgIpc) is 2.41. The first kappa shape index (κ1) is 12.7.